The van der Waals surface area contributed by atoms with Gasteiger partial charge in [0.1, 0.15) is 0 Å². The van der Waals surface area contributed by atoms with Gasteiger partial charge in [-0.2, -0.15) is 0 Å². The Balaban J connectivity index is 2.12. The molecule has 1 unspecified atom stereocenters. The Labute approximate surface area is 126 Å². The smallest absolute Gasteiger partial charge is 0.0897 e. The largest absolute Gasteiger partial charge is 0.374 e. The second-order valence-electron chi connectivity index (χ2n) is 5.96. The van der Waals surface area contributed by atoms with E-state index in [0.29, 0.717) is 0 Å². The molecule has 1 atom stereocenters. The normalized spacial score (nSPS) is 28.5. The van der Waals surface area contributed by atoms with E-state index in [-0.39, 0.29) is 11.6 Å². The number of aromatic nitrogens is 1. The number of rotatable bonds is 6. The number of nitrogens with one attached hydrogen (secondary N) is 1. The first-order valence-corrected chi connectivity index (χ1v) is 8.48. The van der Waals surface area contributed by atoms with E-state index >= 15 is 0 Å². The van der Waals surface area contributed by atoms with Gasteiger partial charge in [0.05, 0.1) is 22.3 Å². The van der Waals surface area contributed by atoms with Gasteiger partial charge in [0, 0.05) is 18.4 Å². The van der Waals surface area contributed by atoms with Crippen molar-refractivity contribution in [2.75, 3.05) is 6.61 Å². The molecule has 20 heavy (non-hydrogen) atoms. The average molecular weight is 297 g/mol. The maximum atomic E-state index is 6.18. The summed E-state index contributed by atoms with van der Waals surface area (Å²) in [5.41, 5.74) is 4.00. The molecule has 0 bridgehead atoms. The minimum atomic E-state index is -0.131. The Morgan fingerprint density at radius 2 is 2.25 bits per heavy atom. The Bertz CT molecular complexity index is 413. The molecule has 1 fully saturated rings. The molecule has 2 rings (SSSR count). The van der Waals surface area contributed by atoms with Crippen molar-refractivity contribution < 1.29 is 4.74 Å². The predicted molar refractivity (Wildman–Crippen MR) is 83.7 cm³/mol. The third-order valence-corrected chi connectivity index (χ3v) is 5.29. The van der Waals surface area contributed by atoms with Crippen LogP contribution in [0.2, 0.25) is 0 Å². The minimum Gasteiger partial charge on any atom is -0.374 e. The highest BCUT2D eigenvalue weighted by Gasteiger charge is 2.41. The second kappa shape index (κ2) is 6.98. The van der Waals surface area contributed by atoms with Gasteiger partial charge in [-0.1, -0.05) is 6.92 Å². The van der Waals surface area contributed by atoms with Crippen molar-refractivity contribution in [3.63, 3.8) is 0 Å². The summed E-state index contributed by atoms with van der Waals surface area (Å²) in [5.74, 6) is 6.65. The maximum absolute atomic E-state index is 6.18. The number of hydrogen-bond donors (Lipinski definition) is 2. The van der Waals surface area contributed by atoms with Crippen LogP contribution in [-0.2, 0) is 11.2 Å². The zero-order chi connectivity index (χ0) is 14.6. The van der Waals surface area contributed by atoms with Crippen LogP contribution in [0.5, 0.6) is 0 Å². The highest BCUT2D eigenvalue weighted by atomic mass is 32.1. The molecule has 114 valence electrons. The highest BCUT2D eigenvalue weighted by molar-refractivity contribution is 7.09. The van der Waals surface area contributed by atoms with Crippen molar-refractivity contribution >= 4 is 11.3 Å². The predicted octanol–water partition coefficient (Wildman–Crippen LogP) is 2.81. The SMILES string of the molecule is CCOC1(C(Cc2csc(C)n2)NN)CCC(C)CC1. The Kier molecular flexibility index (Phi) is 5.55. The second-order valence-corrected chi connectivity index (χ2v) is 7.02. The molecule has 1 saturated carbocycles. The van der Waals surface area contributed by atoms with Crippen LogP contribution in [0.25, 0.3) is 0 Å². The molecule has 1 aromatic heterocycles. The number of ether oxygens (including phenoxy) is 1. The zero-order valence-electron chi connectivity index (χ0n) is 12.8. The van der Waals surface area contributed by atoms with Crippen molar-refractivity contribution in [3.05, 3.63) is 16.1 Å². The first kappa shape index (κ1) is 15.9. The third kappa shape index (κ3) is 3.58. The number of hydrogen-bond acceptors (Lipinski definition) is 5. The van der Waals surface area contributed by atoms with Gasteiger partial charge >= 0.3 is 0 Å². The lowest BCUT2D eigenvalue weighted by atomic mass is 9.74. The molecular formula is C15H27N3OS. The van der Waals surface area contributed by atoms with E-state index in [1.165, 1.54) is 12.8 Å². The number of aryl methyl sites for hydroxylation is 1. The van der Waals surface area contributed by atoms with Crippen molar-refractivity contribution in [2.24, 2.45) is 11.8 Å². The fourth-order valence-electron chi connectivity index (χ4n) is 3.24. The van der Waals surface area contributed by atoms with Gasteiger partial charge in [0.15, 0.2) is 0 Å². The van der Waals surface area contributed by atoms with Crippen molar-refractivity contribution in [1.82, 2.24) is 10.4 Å². The fourth-order valence-corrected chi connectivity index (χ4v) is 3.87. The van der Waals surface area contributed by atoms with Gasteiger partial charge < -0.3 is 4.74 Å². The van der Waals surface area contributed by atoms with Crippen LogP contribution < -0.4 is 11.3 Å². The molecule has 4 nitrogen and oxygen atoms in total. The van der Waals surface area contributed by atoms with Crippen LogP contribution in [0.3, 0.4) is 0 Å². The van der Waals surface area contributed by atoms with Gasteiger partial charge in [-0.15, -0.1) is 11.3 Å². The summed E-state index contributed by atoms with van der Waals surface area (Å²) < 4.78 is 6.18. The first-order chi connectivity index (χ1) is 9.59. The summed E-state index contributed by atoms with van der Waals surface area (Å²) in [7, 11) is 0. The number of thiazole rings is 1. The van der Waals surface area contributed by atoms with E-state index in [1.807, 2.05) is 6.92 Å². The summed E-state index contributed by atoms with van der Waals surface area (Å²) in [4.78, 5) is 4.57. The summed E-state index contributed by atoms with van der Waals surface area (Å²) in [5, 5.41) is 3.24. The Hall–Kier alpha value is -0.490. The summed E-state index contributed by atoms with van der Waals surface area (Å²) in [6.07, 6.45) is 5.44. The van der Waals surface area contributed by atoms with Crippen molar-refractivity contribution in [3.8, 4) is 0 Å². The summed E-state index contributed by atoms with van der Waals surface area (Å²) in [6, 6.07) is 0.136. The lowest BCUT2D eigenvalue weighted by Crippen LogP contribution is -2.57. The topological polar surface area (TPSA) is 60.2 Å². The lowest BCUT2D eigenvalue weighted by molar-refractivity contribution is -0.0963. The molecule has 0 aliphatic heterocycles. The molecule has 0 spiro atoms. The van der Waals surface area contributed by atoms with Gasteiger partial charge in [0.25, 0.3) is 0 Å². The quantitative estimate of drug-likeness (QED) is 0.626. The first-order valence-electron chi connectivity index (χ1n) is 7.60. The molecule has 0 saturated heterocycles. The number of nitrogens with zero attached hydrogens (tertiary/aromatic N) is 1. The van der Waals surface area contributed by atoms with Crippen LogP contribution in [0.15, 0.2) is 5.38 Å². The summed E-state index contributed by atoms with van der Waals surface area (Å²) >= 11 is 1.70. The van der Waals surface area contributed by atoms with Crippen LogP contribution in [0.1, 0.15) is 50.2 Å². The van der Waals surface area contributed by atoms with Gasteiger partial charge in [-0.25, -0.2) is 4.98 Å². The Morgan fingerprint density at radius 1 is 1.55 bits per heavy atom. The van der Waals surface area contributed by atoms with E-state index in [4.69, 9.17) is 10.6 Å². The molecule has 1 aromatic rings. The van der Waals surface area contributed by atoms with E-state index in [9.17, 15) is 0 Å². The maximum Gasteiger partial charge on any atom is 0.0897 e. The molecule has 5 heteroatoms. The minimum absolute atomic E-state index is 0.131. The van der Waals surface area contributed by atoms with Gasteiger partial charge in [0.2, 0.25) is 0 Å². The average Bonchev–Trinajstić information content (AvgIpc) is 2.85. The van der Waals surface area contributed by atoms with Crippen LogP contribution >= 0.6 is 11.3 Å². The van der Waals surface area contributed by atoms with Crippen molar-refractivity contribution in [2.45, 2.75) is 64.5 Å². The van der Waals surface area contributed by atoms with E-state index < -0.39 is 0 Å². The molecule has 1 aliphatic carbocycles. The van der Waals surface area contributed by atoms with E-state index in [2.05, 4.69) is 29.6 Å². The standard InChI is InChI=1S/C15H27N3OS/c1-4-19-15(7-5-11(2)6-8-15)14(18-16)9-13-10-20-12(3)17-13/h10-11,14,18H,4-9,16H2,1-3H3. The van der Waals surface area contributed by atoms with Gasteiger partial charge in [-0.05, 0) is 45.4 Å². The third-order valence-electron chi connectivity index (χ3n) is 4.47. The molecule has 1 heterocycles. The lowest BCUT2D eigenvalue weighted by Gasteiger charge is -2.44. The fraction of sp³-hybridized carbons (Fsp3) is 0.800. The van der Waals surface area contributed by atoms with Crippen LogP contribution in [-0.4, -0.2) is 23.2 Å². The number of nitrogens with two attached hydrogens (primary N) is 1. The monoisotopic (exact) mass is 297 g/mol. The molecule has 0 amide bonds. The van der Waals surface area contributed by atoms with Crippen LogP contribution in [0.4, 0.5) is 0 Å². The molecule has 1 aliphatic rings. The molecular weight excluding hydrogens is 270 g/mol. The summed E-state index contributed by atoms with van der Waals surface area (Å²) in [6.45, 7) is 7.17. The molecule has 0 aromatic carbocycles. The van der Waals surface area contributed by atoms with E-state index in [1.54, 1.807) is 11.3 Å². The highest BCUT2D eigenvalue weighted by Crippen LogP contribution is 2.38. The van der Waals surface area contributed by atoms with Gasteiger partial charge in [-0.3, -0.25) is 11.3 Å². The molecule has 3 N–H and O–H groups in total. The van der Waals surface area contributed by atoms with E-state index in [0.717, 1.165) is 42.5 Å². The number of hydrazine groups is 1. The van der Waals surface area contributed by atoms with Crippen molar-refractivity contribution in [1.29, 1.82) is 0 Å². The Morgan fingerprint density at radius 3 is 2.75 bits per heavy atom. The van der Waals surface area contributed by atoms with Crippen LogP contribution in [0, 0.1) is 12.8 Å². The zero-order valence-corrected chi connectivity index (χ0v) is 13.6. The molecule has 0 radical (unpaired) electrons.